The molecule has 4 rings (SSSR count). The molecule has 140 valence electrons. The normalized spacial score (nSPS) is 10.9. The van der Waals surface area contributed by atoms with Crippen LogP contribution in [0.3, 0.4) is 0 Å². The van der Waals surface area contributed by atoms with E-state index in [1.54, 1.807) is 53.1 Å². The van der Waals surface area contributed by atoms with Crippen LogP contribution in [0.1, 0.15) is 15.9 Å². The van der Waals surface area contributed by atoms with Crippen LogP contribution in [0.5, 0.6) is 0 Å². The molecule has 0 saturated heterocycles. The lowest BCUT2D eigenvalue weighted by atomic mass is 10.1. The molecule has 1 N–H and O–H groups in total. The largest absolute Gasteiger partial charge is 0.352 e. The fourth-order valence-electron chi connectivity index (χ4n) is 2.93. The Morgan fingerprint density at radius 1 is 1.04 bits per heavy atom. The maximum atomic E-state index is 13.7. The summed E-state index contributed by atoms with van der Waals surface area (Å²) in [6.45, 7) is 0.337. The highest BCUT2D eigenvalue weighted by Gasteiger charge is 2.12. The van der Waals surface area contributed by atoms with Gasteiger partial charge in [-0.2, -0.15) is 0 Å². The van der Waals surface area contributed by atoms with Crippen molar-refractivity contribution < 1.29 is 9.18 Å². The van der Waals surface area contributed by atoms with Gasteiger partial charge >= 0.3 is 0 Å². The lowest BCUT2D eigenvalue weighted by molar-refractivity contribution is 0.0953. The Morgan fingerprint density at radius 3 is 2.61 bits per heavy atom. The van der Waals surface area contributed by atoms with Gasteiger partial charge in [-0.25, -0.2) is 4.39 Å². The number of hydrogen-bond donors (Lipinski definition) is 1. The van der Waals surface area contributed by atoms with E-state index in [4.69, 9.17) is 11.6 Å². The molecule has 2 aromatic heterocycles. The van der Waals surface area contributed by atoms with Crippen molar-refractivity contribution >= 4 is 23.2 Å². The summed E-state index contributed by atoms with van der Waals surface area (Å²) in [7, 11) is 0. The molecule has 0 bridgehead atoms. The molecule has 5 nitrogen and oxygen atoms in total. The third-order valence-corrected chi connectivity index (χ3v) is 4.66. The first-order valence-electron chi connectivity index (χ1n) is 8.74. The fourth-order valence-corrected chi connectivity index (χ4v) is 3.06. The summed E-state index contributed by atoms with van der Waals surface area (Å²) < 4.78 is 15.4. The van der Waals surface area contributed by atoms with Gasteiger partial charge in [-0.05, 0) is 54.4 Å². The number of rotatable bonds is 5. The van der Waals surface area contributed by atoms with Gasteiger partial charge in [0.15, 0.2) is 11.5 Å². The number of halogens is 2. The van der Waals surface area contributed by atoms with E-state index in [2.05, 4.69) is 15.5 Å². The Balaban J connectivity index is 1.52. The van der Waals surface area contributed by atoms with E-state index in [0.717, 1.165) is 5.56 Å². The van der Waals surface area contributed by atoms with Crippen molar-refractivity contribution in [1.29, 1.82) is 0 Å². The molecule has 0 spiro atoms. The van der Waals surface area contributed by atoms with Crippen LogP contribution in [-0.2, 0) is 6.42 Å². The second-order valence-electron chi connectivity index (χ2n) is 6.27. The molecule has 2 heterocycles. The Labute approximate surface area is 165 Å². The standard InChI is InChI=1S/C21H16ClFN4O/c22-17-8-5-15(6-9-17)20-26-25-19-10-7-16(13-27(19)20)21(28)24-12-11-14-3-1-2-4-18(14)23/h1-10,13H,11-12H2,(H,24,28). The number of aromatic nitrogens is 3. The summed E-state index contributed by atoms with van der Waals surface area (Å²) in [5.74, 6) is 0.108. The molecule has 0 unspecified atom stereocenters. The number of carbonyl (C=O) groups excluding carboxylic acids is 1. The maximum Gasteiger partial charge on any atom is 0.252 e. The first-order chi connectivity index (χ1) is 13.6. The molecule has 0 aliphatic rings. The summed E-state index contributed by atoms with van der Waals surface area (Å²) in [5, 5.41) is 11.8. The van der Waals surface area contributed by atoms with Crippen LogP contribution in [0.2, 0.25) is 5.02 Å². The molecule has 0 saturated carbocycles. The number of amides is 1. The zero-order valence-electron chi connectivity index (χ0n) is 14.8. The van der Waals surface area contributed by atoms with Gasteiger partial charge in [0.2, 0.25) is 0 Å². The molecule has 2 aromatic carbocycles. The Hall–Kier alpha value is -3.25. The first kappa shape index (κ1) is 18.1. The van der Waals surface area contributed by atoms with Gasteiger partial charge in [-0.1, -0.05) is 29.8 Å². The van der Waals surface area contributed by atoms with Crippen molar-refractivity contribution in [2.24, 2.45) is 0 Å². The van der Waals surface area contributed by atoms with Crippen LogP contribution in [0.25, 0.3) is 17.0 Å². The van der Waals surface area contributed by atoms with Crippen molar-refractivity contribution in [2.45, 2.75) is 6.42 Å². The van der Waals surface area contributed by atoms with Gasteiger partial charge < -0.3 is 5.32 Å². The van der Waals surface area contributed by atoms with Crippen molar-refractivity contribution in [2.75, 3.05) is 6.54 Å². The zero-order valence-corrected chi connectivity index (χ0v) is 15.5. The Kier molecular flexibility index (Phi) is 5.04. The lowest BCUT2D eigenvalue weighted by Gasteiger charge is -2.07. The van der Waals surface area contributed by atoms with Gasteiger partial charge in [-0.15, -0.1) is 10.2 Å². The molecule has 0 radical (unpaired) electrons. The van der Waals surface area contributed by atoms with Gasteiger partial charge in [-0.3, -0.25) is 9.20 Å². The third kappa shape index (κ3) is 3.73. The van der Waals surface area contributed by atoms with Crippen LogP contribution in [0.4, 0.5) is 4.39 Å². The van der Waals surface area contributed by atoms with Crippen LogP contribution in [0, 0.1) is 5.82 Å². The number of carbonyl (C=O) groups is 1. The quantitative estimate of drug-likeness (QED) is 0.553. The van der Waals surface area contributed by atoms with Crippen LogP contribution >= 0.6 is 11.6 Å². The van der Waals surface area contributed by atoms with Crippen molar-refractivity contribution in [3.63, 3.8) is 0 Å². The van der Waals surface area contributed by atoms with E-state index in [9.17, 15) is 9.18 Å². The average Bonchev–Trinajstić information content (AvgIpc) is 3.13. The van der Waals surface area contributed by atoms with Gasteiger partial charge in [0.1, 0.15) is 5.82 Å². The number of nitrogens with zero attached hydrogens (tertiary/aromatic N) is 3. The number of pyridine rings is 1. The molecular formula is C21H16ClFN4O. The fraction of sp³-hybridized carbons (Fsp3) is 0.0952. The van der Waals surface area contributed by atoms with Gasteiger partial charge in [0, 0.05) is 23.3 Å². The summed E-state index contributed by atoms with van der Waals surface area (Å²) >= 11 is 5.94. The maximum absolute atomic E-state index is 13.7. The van der Waals surface area contributed by atoms with Crippen LogP contribution < -0.4 is 5.32 Å². The number of benzene rings is 2. The van der Waals surface area contributed by atoms with E-state index in [-0.39, 0.29) is 11.7 Å². The Bertz CT molecular complexity index is 1140. The predicted molar refractivity (Wildman–Crippen MR) is 106 cm³/mol. The number of fused-ring (bicyclic) bond motifs is 1. The average molecular weight is 395 g/mol. The van der Waals surface area contributed by atoms with Crippen molar-refractivity contribution in [3.8, 4) is 11.4 Å². The van der Waals surface area contributed by atoms with E-state index in [1.807, 2.05) is 12.1 Å². The second kappa shape index (κ2) is 7.78. The van der Waals surface area contributed by atoms with Crippen LogP contribution in [-0.4, -0.2) is 27.0 Å². The van der Waals surface area contributed by atoms with E-state index in [1.165, 1.54) is 6.07 Å². The number of hydrogen-bond acceptors (Lipinski definition) is 3. The molecule has 0 atom stereocenters. The summed E-state index contributed by atoms with van der Waals surface area (Å²) in [5.41, 5.74) is 2.51. The minimum Gasteiger partial charge on any atom is -0.352 e. The second-order valence-corrected chi connectivity index (χ2v) is 6.71. The van der Waals surface area contributed by atoms with E-state index < -0.39 is 0 Å². The molecule has 7 heteroatoms. The van der Waals surface area contributed by atoms with E-state index in [0.29, 0.717) is 40.6 Å². The highest BCUT2D eigenvalue weighted by Crippen LogP contribution is 2.21. The van der Waals surface area contributed by atoms with Crippen LogP contribution in [0.15, 0.2) is 66.9 Å². The zero-order chi connectivity index (χ0) is 19.5. The van der Waals surface area contributed by atoms with Gasteiger partial charge in [0.05, 0.1) is 5.56 Å². The molecule has 0 fully saturated rings. The van der Waals surface area contributed by atoms with Gasteiger partial charge in [0.25, 0.3) is 5.91 Å². The smallest absolute Gasteiger partial charge is 0.252 e. The van der Waals surface area contributed by atoms with E-state index >= 15 is 0 Å². The SMILES string of the molecule is O=C(NCCc1ccccc1F)c1ccc2nnc(-c3ccc(Cl)cc3)n2c1. The first-order valence-corrected chi connectivity index (χ1v) is 9.12. The molecule has 1 amide bonds. The minimum atomic E-state index is -0.268. The Morgan fingerprint density at radius 2 is 1.82 bits per heavy atom. The predicted octanol–water partition coefficient (Wildman–Crippen LogP) is 4.16. The minimum absolute atomic E-state index is 0.242. The molecule has 0 aliphatic carbocycles. The molecular weight excluding hydrogens is 379 g/mol. The van der Waals surface area contributed by atoms with Crippen molar-refractivity contribution in [3.05, 3.63) is 88.8 Å². The summed E-state index contributed by atoms with van der Waals surface area (Å²) in [6.07, 6.45) is 2.11. The third-order valence-electron chi connectivity index (χ3n) is 4.40. The highest BCUT2D eigenvalue weighted by atomic mass is 35.5. The summed E-state index contributed by atoms with van der Waals surface area (Å²) in [6, 6.07) is 17.2. The lowest BCUT2D eigenvalue weighted by Crippen LogP contribution is -2.26. The van der Waals surface area contributed by atoms with Crippen molar-refractivity contribution in [1.82, 2.24) is 19.9 Å². The summed E-state index contributed by atoms with van der Waals surface area (Å²) in [4.78, 5) is 12.5. The topological polar surface area (TPSA) is 59.3 Å². The number of nitrogens with one attached hydrogen (secondary N) is 1. The molecule has 0 aliphatic heterocycles. The molecule has 4 aromatic rings. The monoisotopic (exact) mass is 394 g/mol. The molecule has 28 heavy (non-hydrogen) atoms. The highest BCUT2D eigenvalue weighted by molar-refractivity contribution is 6.30.